The van der Waals surface area contributed by atoms with Crippen LogP contribution in [-0.2, 0) is 38.1 Å². The second kappa shape index (κ2) is 10.9. The van der Waals surface area contributed by atoms with E-state index in [0.717, 1.165) is 40.8 Å². The minimum atomic E-state index is -3.73. The van der Waals surface area contributed by atoms with Crippen LogP contribution in [0, 0.1) is 6.92 Å². The Kier molecular flexibility index (Phi) is 7.68. The Labute approximate surface area is 236 Å². The lowest BCUT2D eigenvalue weighted by Crippen LogP contribution is -2.38. The van der Waals surface area contributed by atoms with Gasteiger partial charge in [0.25, 0.3) is 0 Å². The van der Waals surface area contributed by atoms with Crippen LogP contribution in [0.2, 0.25) is 0 Å². The van der Waals surface area contributed by atoms with Gasteiger partial charge in [-0.1, -0.05) is 36.4 Å². The smallest absolute Gasteiger partial charge is 0.337 e. The Balaban J connectivity index is 1.72. The molecule has 0 aromatic heterocycles. The SMILES string of the molecule is Cc1cc2c(c(C(OC(C)(C)C)C(=O)O)c1-c1ccc3c(c1)CCCO3)CCCN2S(=O)(=O)Cc1ccccc1. The number of rotatable bonds is 7. The van der Waals surface area contributed by atoms with Crippen molar-refractivity contribution < 1.29 is 27.8 Å². The first kappa shape index (κ1) is 28.2. The number of nitrogens with zero attached hydrogens (tertiary/aromatic N) is 1. The molecular weight excluding hydrogens is 526 g/mol. The average molecular weight is 564 g/mol. The molecule has 1 unspecified atom stereocenters. The van der Waals surface area contributed by atoms with E-state index >= 15 is 0 Å². The van der Waals surface area contributed by atoms with E-state index < -0.39 is 27.7 Å². The molecular formula is C32H37NO6S. The lowest BCUT2D eigenvalue weighted by molar-refractivity contribution is -0.160. The van der Waals surface area contributed by atoms with Crippen LogP contribution in [0.3, 0.4) is 0 Å². The van der Waals surface area contributed by atoms with Gasteiger partial charge in [-0.05, 0) is 105 Å². The van der Waals surface area contributed by atoms with Crippen LogP contribution in [0.4, 0.5) is 5.69 Å². The first-order valence-electron chi connectivity index (χ1n) is 13.8. The molecule has 0 saturated heterocycles. The fourth-order valence-corrected chi connectivity index (χ4v) is 7.44. The Hall–Kier alpha value is -3.36. The summed E-state index contributed by atoms with van der Waals surface area (Å²) in [6.07, 6.45) is 1.67. The van der Waals surface area contributed by atoms with Gasteiger partial charge < -0.3 is 14.6 Å². The molecule has 0 saturated carbocycles. The molecule has 0 fully saturated rings. The Morgan fingerprint density at radius 1 is 1.07 bits per heavy atom. The summed E-state index contributed by atoms with van der Waals surface area (Å²) in [5, 5.41) is 10.5. The molecule has 212 valence electrons. The van der Waals surface area contributed by atoms with Gasteiger partial charge in [0.05, 0.1) is 23.6 Å². The lowest BCUT2D eigenvalue weighted by Gasteiger charge is -2.36. The Morgan fingerprint density at radius 3 is 2.52 bits per heavy atom. The number of hydrogen-bond acceptors (Lipinski definition) is 5. The van der Waals surface area contributed by atoms with Crippen molar-refractivity contribution >= 4 is 21.7 Å². The van der Waals surface area contributed by atoms with E-state index in [1.807, 2.05) is 64.1 Å². The molecule has 5 rings (SSSR count). The molecule has 3 aromatic rings. The Morgan fingerprint density at radius 2 is 1.82 bits per heavy atom. The van der Waals surface area contributed by atoms with Crippen molar-refractivity contribution in [3.05, 3.63) is 82.4 Å². The zero-order chi connectivity index (χ0) is 28.7. The molecule has 40 heavy (non-hydrogen) atoms. The van der Waals surface area contributed by atoms with Gasteiger partial charge >= 0.3 is 5.97 Å². The molecule has 0 aliphatic carbocycles. The maximum atomic E-state index is 13.8. The van der Waals surface area contributed by atoms with Gasteiger partial charge in [0.1, 0.15) is 5.75 Å². The van der Waals surface area contributed by atoms with Gasteiger partial charge in [-0.15, -0.1) is 0 Å². The van der Waals surface area contributed by atoms with Gasteiger partial charge in [0.15, 0.2) is 6.10 Å². The summed E-state index contributed by atoms with van der Waals surface area (Å²) in [4.78, 5) is 12.8. The number of carboxylic acid groups (broad SMARTS) is 1. The van der Waals surface area contributed by atoms with Crippen molar-refractivity contribution in [2.24, 2.45) is 0 Å². The summed E-state index contributed by atoms with van der Waals surface area (Å²) in [6.45, 7) is 8.44. The summed E-state index contributed by atoms with van der Waals surface area (Å²) in [5.74, 6) is -0.379. The van der Waals surface area contributed by atoms with Crippen molar-refractivity contribution in [2.75, 3.05) is 17.5 Å². The Bertz CT molecular complexity index is 1530. The highest BCUT2D eigenvalue weighted by Crippen LogP contribution is 2.45. The number of carbonyl (C=O) groups is 1. The van der Waals surface area contributed by atoms with E-state index in [1.165, 1.54) is 4.31 Å². The van der Waals surface area contributed by atoms with E-state index in [4.69, 9.17) is 9.47 Å². The number of hydrogen-bond donors (Lipinski definition) is 1. The molecule has 1 atom stereocenters. The molecule has 3 aromatic carbocycles. The highest BCUT2D eigenvalue weighted by molar-refractivity contribution is 7.92. The number of sulfonamides is 1. The molecule has 7 nitrogen and oxygen atoms in total. The number of fused-ring (bicyclic) bond motifs is 2. The van der Waals surface area contributed by atoms with E-state index in [2.05, 4.69) is 6.07 Å². The van der Waals surface area contributed by atoms with Gasteiger partial charge in [0.2, 0.25) is 10.0 Å². The van der Waals surface area contributed by atoms with Crippen LogP contribution in [-0.4, -0.2) is 38.2 Å². The summed E-state index contributed by atoms with van der Waals surface area (Å²) in [7, 11) is -3.73. The van der Waals surface area contributed by atoms with Crippen molar-refractivity contribution in [1.29, 1.82) is 0 Å². The van der Waals surface area contributed by atoms with E-state index in [-0.39, 0.29) is 5.75 Å². The second-order valence-corrected chi connectivity index (χ2v) is 13.5. The van der Waals surface area contributed by atoms with Gasteiger partial charge in [-0.25, -0.2) is 13.2 Å². The van der Waals surface area contributed by atoms with Crippen LogP contribution in [0.15, 0.2) is 54.6 Å². The van der Waals surface area contributed by atoms with Crippen LogP contribution in [0.25, 0.3) is 11.1 Å². The standard InChI is InChI=1S/C32H37NO6S/c1-21-18-26-25(13-8-16-33(26)40(36,37)20-22-10-6-5-7-11-22)29(30(31(34)35)39-32(2,3)4)28(21)24-14-15-27-23(19-24)12-9-17-38-27/h5-7,10-11,14-15,18-19,30H,8-9,12-13,16-17,20H2,1-4H3,(H,34,35). The van der Waals surface area contributed by atoms with Crippen LogP contribution in [0.5, 0.6) is 5.75 Å². The van der Waals surface area contributed by atoms with Crippen molar-refractivity contribution in [2.45, 2.75) is 70.8 Å². The lowest BCUT2D eigenvalue weighted by atomic mass is 9.83. The summed E-state index contributed by atoms with van der Waals surface area (Å²) < 4.78 is 41.0. The highest BCUT2D eigenvalue weighted by Gasteiger charge is 2.37. The number of benzene rings is 3. The topological polar surface area (TPSA) is 93.1 Å². The van der Waals surface area contributed by atoms with Crippen LogP contribution >= 0.6 is 0 Å². The fraction of sp³-hybridized carbons (Fsp3) is 0.406. The maximum Gasteiger partial charge on any atom is 0.337 e. The maximum absolute atomic E-state index is 13.8. The van der Waals surface area contributed by atoms with Crippen molar-refractivity contribution in [3.8, 4) is 16.9 Å². The molecule has 2 aliphatic heterocycles. The number of ether oxygens (including phenoxy) is 2. The fourth-order valence-electron chi connectivity index (χ4n) is 5.80. The molecule has 0 amide bonds. The van der Waals surface area contributed by atoms with Gasteiger partial charge in [-0.3, -0.25) is 4.31 Å². The summed E-state index contributed by atoms with van der Waals surface area (Å²) >= 11 is 0. The third-order valence-corrected chi connectivity index (χ3v) is 9.14. The van der Waals surface area contributed by atoms with E-state index in [9.17, 15) is 18.3 Å². The van der Waals surface area contributed by atoms with E-state index in [0.29, 0.717) is 48.4 Å². The molecule has 0 spiro atoms. The van der Waals surface area contributed by atoms with Gasteiger partial charge in [-0.2, -0.15) is 0 Å². The monoisotopic (exact) mass is 563 g/mol. The summed E-state index contributed by atoms with van der Waals surface area (Å²) in [5.41, 5.74) is 5.32. The predicted molar refractivity (Wildman–Crippen MR) is 156 cm³/mol. The normalized spacial score (nSPS) is 16.1. The highest BCUT2D eigenvalue weighted by atomic mass is 32.2. The van der Waals surface area contributed by atoms with E-state index in [1.54, 1.807) is 12.1 Å². The quantitative estimate of drug-likeness (QED) is 0.367. The average Bonchev–Trinajstić information content (AvgIpc) is 2.90. The molecule has 1 N–H and O–H groups in total. The van der Waals surface area contributed by atoms with Crippen LogP contribution in [0.1, 0.15) is 67.5 Å². The second-order valence-electron chi connectivity index (χ2n) is 11.6. The number of anilines is 1. The molecule has 0 radical (unpaired) electrons. The van der Waals surface area contributed by atoms with Crippen molar-refractivity contribution in [1.82, 2.24) is 0 Å². The number of aryl methyl sites for hydroxylation is 2. The zero-order valence-electron chi connectivity index (χ0n) is 23.6. The molecule has 8 heteroatoms. The molecule has 2 aliphatic rings. The van der Waals surface area contributed by atoms with Gasteiger partial charge in [0, 0.05) is 12.1 Å². The third-order valence-electron chi connectivity index (χ3n) is 7.39. The number of aliphatic carboxylic acids is 1. The van der Waals surface area contributed by atoms with Crippen molar-refractivity contribution in [3.63, 3.8) is 0 Å². The summed E-state index contributed by atoms with van der Waals surface area (Å²) in [6, 6.07) is 17.0. The van der Waals surface area contributed by atoms with Crippen LogP contribution < -0.4 is 9.04 Å². The third kappa shape index (κ3) is 5.74. The minimum absolute atomic E-state index is 0.130. The minimum Gasteiger partial charge on any atom is -0.493 e. The first-order valence-corrected chi connectivity index (χ1v) is 15.4. The molecule has 0 bridgehead atoms. The number of carboxylic acids is 1. The predicted octanol–water partition coefficient (Wildman–Crippen LogP) is 6.21. The first-order chi connectivity index (χ1) is 18.9. The largest absolute Gasteiger partial charge is 0.493 e. The molecule has 2 heterocycles. The zero-order valence-corrected chi connectivity index (χ0v) is 24.4.